The van der Waals surface area contributed by atoms with E-state index in [2.05, 4.69) is 14.8 Å². The maximum atomic E-state index is 12.6. The third kappa shape index (κ3) is 10.4. The number of esters is 2. The molecular formula is C27H27F3N4O9S2. The van der Waals surface area contributed by atoms with Gasteiger partial charge < -0.3 is 20.5 Å². The lowest BCUT2D eigenvalue weighted by molar-refractivity contribution is -0.202. The van der Waals surface area contributed by atoms with Gasteiger partial charge in [0.25, 0.3) is 0 Å². The van der Waals surface area contributed by atoms with Gasteiger partial charge in [0.2, 0.25) is 20.0 Å². The van der Waals surface area contributed by atoms with Crippen LogP contribution in [0, 0.1) is 0 Å². The molecule has 3 aromatic rings. The van der Waals surface area contributed by atoms with Crippen molar-refractivity contribution in [2.24, 2.45) is 5.73 Å². The highest BCUT2D eigenvalue weighted by molar-refractivity contribution is 7.89. The number of hydrogen-bond donors (Lipinski definition) is 4. The number of nitrogens with one attached hydrogen (secondary N) is 3. The van der Waals surface area contributed by atoms with Gasteiger partial charge in [0.05, 0.1) is 9.79 Å². The molecule has 0 aliphatic heterocycles. The number of benzene rings is 3. The van der Waals surface area contributed by atoms with Gasteiger partial charge in [-0.3, -0.25) is 0 Å². The summed E-state index contributed by atoms with van der Waals surface area (Å²) in [5.74, 6) is -4.65. The van der Waals surface area contributed by atoms with Crippen LogP contribution in [0.15, 0.2) is 88.7 Å². The average molecular weight is 673 g/mol. The Bertz CT molecular complexity index is 1700. The van der Waals surface area contributed by atoms with Crippen LogP contribution >= 0.6 is 0 Å². The second kappa shape index (κ2) is 15.1. The van der Waals surface area contributed by atoms with E-state index < -0.39 is 56.8 Å². The summed E-state index contributed by atoms with van der Waals surface area (Å²) < 4.78 is 100. The van der Waals surface area contributed by atoms with Crippen molar-refractivity contribution >= 4 is 38.1 Å². The van der Waals surface area contributed by atoms with Crippen LogP contribution in [-0.2, 0) is 45.7 Å². The number of amides is 1. The minimum Gasteiger partial charge on any atom is -0.445 e. The Morgan fingerprint density at radius 2 is 1.31 bits per heavy atom. The first-order valence-electron chi connectivity index (χ1n) is 12.8. The molecule has 0 heterocycles. The Morgan fingerprint density at radius 1 is 0.778 bits per heavy atom. The van der Waals surface area contributed by atoms with E-state index in [9.17, 15) is 44.4 Å². The molecule has 3 aromatic carbocycles. The van der Waals surface area contributed by atoms with Crippen LogP contribution in [0.1, 0.15) is 5.56 Å². The predicted octanol–water partition coefficient (Wildman–Crippen LogP) is 1.80. The molecule has 18 heteroatoms. The molecule has 3 rings (SSSR count). The van der Waals surface area contributed by atoms with Gasteiger partial charge in [-0.25, -0.2) is 35.9 Å². The number of alkyl carbamates (subject to hydrolysis) is 1. The zero-order valence-corrected chi connectivity index (χ0v) is 24.7. The first-order chi connectivity index (χ1) is 21.1. The number of halogens is 3. The molecule has 0 aliphatic rings. The van der Waals surface area contributed by atoms with E-state index in [1.807, 2.05) is 6.07 Å². The minimum absolute atomic E-state index is 0.0338. The summed E-state index contributed by atoms with van der Waals surface area (Å²) in [6, 6.07) is 17.5. The highest BCUT2D eigenvalue weighted by atomic mass is 32.2. The SMILES string of the molecule is NC[C@H](NS(=O)(=O)c1ccc(-c2ccc(S(=O)(=O)NCCNC(=O)OCc3ccccc3)cc2)cc1)C(=O)OC(=O)C(F)(F)F. The Hall–Kier alpha value is -4.36. The quantitative estimate of drug-likeness (QED) is 0.118. The van der Waals surface area contributed by atoms with E-state index in [0.29, 0.717) is 11.1 Å². The lowest BCUT2D eigenvalue weighted by Gasteiger charge is -2.16. The second-order valence-electron chi connectivity index (χ2n) is 9.05. The molecule has 0 saturated carbocycles. The highest BCUT2D eigenvalue weighted by Gasteiger charge is 2.43. The lowest BCUT2D eigenvalue weighted by atomic mass is 10.1. The van der Waals surface area contributed by atoms with Crippen LogP contribution in [0.3, 0.4) is 0 Å². The van der Waals surface area contributed by atoms with E-state index >= 15 is 0 Å². The smallest absolute Gasteiger partial charge is 0.445 e. The van der Waals surface area contributed by atoms with Gasteiger partial charge >= 0.3 is 24.2 Å². The molecule has 0 aromatic heterocycles. The number of nitrogens with two attached hydrogens (primary N) is 1. The van der Waals surface area contributed by atoms with E-state index in [-0.39, 0.29) is 29.5 Å². The van der Waals surface area contributed by atoms with Crippen molar-refractivity contribution in [2.75, 3.05) is 19.6 Å². The molecule has 0 saturated heterocycles. The average Bonchev–Trinajstić information content (AvgIpc) is 3.01. The van der Waals surface area contributed by atoms with Crippen LogP contribution in [0.2, 0.25) is 0 Å². The summed E-state index contributed by atoms with van der Waals surface area (Å²) >= 11 is 0. The van der Waals surface area contributed by atoms with E-state index in [4.69, 9.17) is 10.5 Å². The van der Waals surface area contributed by atoms with Gasteiger partial charge in [-0.1, -0.05) is 54.6 Å². The maximum absolute atomic E-state index is 12.6. The first kappa shape index (κ1) is 35.1. The molecule has 13 nitrogen and oxygen atoms in total. The summed E-state index contributed by atoms with van der Waals surface area (Å²) in [5.41, 5.74) is 7.03. The number of alkyl halides is 3. The number of hydrogen-bond acceptors (Lipinski definition) is 10. The molecule has 1 atom stereocenters. The molecule has 5 N–H and O–H groups in total. The third-order valence-electron chi connectivity index (χ3n) is 5.80. The van der Waals surface area contributed by atoms with Crippen molar-refractivity contribution in [2.45, 2.75) is 28.6 Å². The lowest BCUT2D eigenvalue weighted by Crippen LogP contribution is -2.48. The summed E-state index contributed by atoms with van der Waals surface area (Å²) in [4.78, 5) is 34.0. The van der Waals surface area contributed by atoms with Crippen LogP contribution in [0.5, 0.6) is 0 Å². The molecule has 0 aliphatic carbocycles. The maximum Gasteiger partial charge on any atom is 0.491 e. The fourth-order valence-electron chi connectivity index (χ4n) is 3.53. The van der Waals surface area contributed by atoms with Crippen molar-refractivity contribution < 1.29 is 53.9 Å². The van der Waals surface area contributed by atoms with Gasteiger partial charge in [0, 0.05) is 19.6 Å². The Kier molecular flexibility index (Phi) is 11.8. The number of rotatable bonds is 13. The van der Waals surface area contributed by atoms with Gasteiger partial charge in [0.15, 0.2) is 0 Å². The van der Waals surface area contributed by atoms with Crippen LogP contribution in [-0.4, -0.2) is 66.7 Å². The number of sulfonamides is 2. The van der Waals surface area contributed by atoms with Gasteiger partial charge in [-0.15, -0.1) is 0 Å². The molecule has 0 unspecified atom stereocenters. The second-order valence-corrected chi connectivity index (χ2v) is 12.5. The van der Waals surface area contributed by atoms with E-state index in [1.54, 1.807) is 29.0 Å². The Labute approximate surface area is 256 Å². The normalized spacial score (nSPS) is 12.6. The van der Waals surface area contributed by atoms with Crippen molar-refractivity contribution in [3.8, 4) is 11.1 Å². The van der Waals surface area contributed by atoms with Crippen LogP contribution < -0.4 is 20.5 Å². The largest absolute Gasteiger partial charge is 0.491 e. The summed E-state index contributed by atoms with van der Waals surface area (Å²) in [6.45, 7) is -0.893. The minimum atomic E-state index is -5.47. The molecule has 45 heavy (non-hydrogen) atoms. The van der Waals surface area contributed by atoms with Crippen molar-refractivity contribution in [1.82, 2.24) is 14.8 Å². The molecule has 0 bridgehead atoms. The van der Waals surface area contributed by atoms with Crippen LogP contribution in [0.4, 0.5) is 18.0 Å². The number of carbonyl (C=O) groups is 3. The highest BCUT2D eigenvalue weighted by Crippen LogP contribution is 2.23. The van der Waals surface area contributed by atoms with Crippen molar-refractivity contribution in [3.05, 3.63) is 84.4 Å². The van der Waals surface area contributed by atoms with E-state index in [0.717, 1.165) is 17.7 Å². The molecule has 242 valence electrons. The number of carbonyl (C=O) groups excluding carboxylic acids is 3. The Morgan fingerprint density at radius 3 is 1.82 bits per heavy atom. The van der Waals surface area contributed by atoms with Gasteiger partial charge in [-0.2, -0.15) is 17.9 Å². The number of ether oxygens (including phenoxy) is 2. The summed E-state index contributed by atoms with van der Waals surface area (Å²) in [6.07, 6.45) is -6.18. The Balaban J connectivity index is 1.54. The van der Waals surface area contributed by atoms with Crippen LogP contribution in [0.25, 0.3) is 11.1 Å². The summed E-state index contributed by atoms with van der Waals surface area (Å²) in [7, 11) is -8.43. The fourth-order valence-corrected chi connectivity index (χ4v) is 5.76. The zero-order valence-electron chi connectivity index (χ0n) is 23.1. The fraction of sp³-hybridized carbons (Fsp3) is 0.222. The topological polar surface area (TPSA) is 200 Å². The monoisotopic (exact) mass is 672 g/mol. The molecular weight excluding hydrogens is 645 g/mol. The van der Waals surface area contributed by atoms with Crippen molar-refractivity contribution in [3.63, 3.8) is 0 Å². The van der Waals surface area contributed by atoms with Crippen molar-refractivity contribution in [1.29, 1.82) is 0 Å². The van der Waals surface area contributed by atoms with Gasteiger partial charge in [-0.05, 0) is 41.0 Å². The molecule has 0 radical (unpaired) electrons. The molecule has 0 spiro atoms. The molecule has 0 fully saturated rings. The zero-order chi connectivity index (χ0) is 33.3. The predicted molar refractivity (Wildman–Crippen MR) is 152 cm³/mol. The molecule has 1 amide bonds. The van der Waals surface area contributed by atoms with Gasteiger partial charge in [0.1, 0.15) is 12.6 Å². The summed E-state index contributed by atoms with van der Waals surface area (Å²) in [5, 5.41) is 2.44. The standard InChI is InChI=1S/C27H27F3N4O9S2/c28-27(29,30)25(36)43-24(35)23(16-31)34-45(40,41)22-12-8-20(9-13-22)19-6-10-21(11-7-19)44(38,39)33-15-14-32-26(37)42-17-18-4-2-1-3-5-18/h1-13,23,33-34H,14-17,31H2,(H,32,37)/t23-/m0/s1. The third-order valence-corrected chi connectivity index (χ3v) is 8.77. The first-order valence-corrected chi connectivity index (χ1v) is 15.8. The van der Waals surface area contributed by atoms with E-state index in [1.165, 1.54) is 36.4 Å².